The molecule has 86 valence electrons. The molecule has 0 nitrogen and oxygen atoms in total. The molecule has 0 aliphatic heterocycles. The quantitative estimate of drug-likeness (QED) is 0.550. The Labute approximate surface area is 121 Å². The molecule has 0 radical (unpaired) electrons. The van der Waals surface area contributed by atoms with Gasteiger partial charge in [-0.2, -0.15) is 0 Å². The third-order valence-corrected chi connectivity index (χ3v) is 6.93. The van der Waals surface area contributed by atoms with Crippen LogP contribution >= 0.6 is 54.5 Å². The molecule has 0 N–H and O–H groups in total. The monoisotopic (exact) mass is 378 g/mol. The van der Waals surface area contributed by atoms with Gasteiger partial charge >= 0.3 is 0 Å². The van der Waals surface area contributed by atoms with Crippen molar-refractivity contribution in [1.82, 2.24) is 0 Å². The first-order chi connectivity index (χ1) is 7.43. The molecule has 2 heterocycles. The molecule has 0 amide bonds. The van der Waals surface area contributed by atoms with Crippen molar-refractivity contribution in [2.75, 3.05) is 0 Å². The summed E-state index contributed by atoms with van der Waals surface area (Å²) >= 11 is 10.9. The van der Waals surface area contributed by atoms with Crippen LogP contribution in [0.5, 0.6) is 0 Å². The predicted molar refractivity (Wildman–Crippen MR) is 82.0 cm³/mol. The Kier molecular flexibility index (Phi) is 3.65. The highest BCUT2D eigenvalue weighted by atomic mass is 79.9. The first-order valence-corrected chi connectivity index (χ1v) is 8.16. The minimum absolute atomic E-state index is 1.25. The Morgan fingerprint density at radius 2 is 1.00 bits per heavy atom. The number of thiophene rings is 2. The zero-order chi connectivity index (χ0) is 12.0. The van der Waals surface area contributed by atoms with Crippen LogP contribution in [-0.4, -0.2) is 0 Å². The van der Waals surface area contributed by atoms with Gasteiger partial charge in [-0.25, -0.2) is 0 Å². The van der Waals surface area contributed by atoms with E-state index in [1.165, 1.54) is 39.6 Å². The van der Waals surface area contributed by atoms with E-state index in [0.717, 1.165) is 0 Å². The van der Waals surface area contributed by atoms with Crippen molar-refractivity contribution in [3.05, 3.63) is 28.5 Å². The normalized spacial score (nSPS) is 11.1. The van der Waals surface area contributed by atoms with Gasteiger partial charge in [-0.15, -0.1) is 22.7 Å². The second-order valence-electron chi connectivity index (χ2n) is 3.86. The molecule has 2 aromatic rings. The van der Waals surface area contributed by atoms with Crippen LogP contribution in [0.25, 0.3) is 11.1 Å². The zero-order valence-corrected chi connectivity index (χ0v) is 14.4. The van der Waals surface area contributed by atoms with Crippen LogP contribution in [0.4, 0.5) is 0 Å². The summed E-state index contributed by atoms with van der Waals surface area (Å²) in [5.74, 6) is 0. The van der Waals surface area contributed by atoms with E-state index in [4.69, 9.17) is 0 Å². The molecule has 0 unspecified atom stereocenters. The highest BCUT2D eigenvalue weighted by Crippen LogP contribution is 2.45. The maximum absolute atomic E-state index is 3.63. The van der Waals surface area contributed by atoms with E-state index < -0.39 is 0 Å². The van der Waals surface area contributed by atoms with Gasteiger partial charge in [-0.05, 0) is 70.7 Å². The number of halogens is 2. The average Bonchev–Trinajstić information content (AvgIpc) is 2.57. The molecule has 0 aromatic carbocycles. The summed E-state index contributed by atoms with van der Waals surface area (Å²) in [6, 6.07) is 0. The lowest BCUT2D eigenvalue weighted by Crippen LogP contribution is -1.84. The first-order valence-electron chi connectivity index (χ1n) is 4.94. The standard InChI is InChI=1S/C12H12Br2S2/c1-5-9(7(3)15-11(5)13)10-6(2)12(14)16-8(10)4/h1-4H3. The van der Waals surface area contributed by atoms with E-state index >= 15 is 0 Å². The van der Waals surface area contributed by atoms with Crippen molar-refractivity contribution in [2.45, 2.75) is 27.7 Å². The summed E-state index contributed by atoms with van der Waals surface area (Å²) in [6.45, 7) is 8.77. The molecule has 2 aromatic heterocycles. The van der Waals surface area contributed by atoms with Crippen LogP contribution in [0.1, 0.15) is 20.9 Å². The number of hydrogen-bond donors (Lipinski definition) is 0. The lowest BCUT2D eigenvalue weighted by Gasteiger charge is -2.04. The van der Waals surface area contributed by atoms with Crippen molar-refractivity contribution in [1.29, 1.82) is 0 Å². The van der Waals surface area contributed by atoms with Gasteiger partial charge in [-0.1, -0.05) is 0 Å². The van der Waals surface area contributed by atoms with E-state index in [1.807, 2.05) is 22.7 Å². The van der Waals surface area contributed by atoms with Gasteiger partial charge in [0, 0.05) is 20.9 Å². The summed E-state index contributed by atoms with van der Waals surface area (Å²) in [4.78, 5) is 2.78. The van der Waals surface area contributed by atoms with Crippen molar-refractivity contribution in [3.8, 4) is 11.1 Å². The van der Waals surface area contributed by atoms with Gasteiger partial charge in [-0.3, -0.25) is 0 Å². The van der Waals surface area contributed by atoms with Crippen LogP contribution in [0, 0.1) is 27.7 Å². The Bertz CT molecular complexity index is 500. The van der Waals surface area contributed by atoms with E-state index in [0.29, 0.717) is 0 Å². The van der Waals surface area contributed by atoms with Crippen LogP contribution in [0.2, 0.25) is 0 Å². The maximum atomic E-state index is 3.63. The van der Waals surface area contributed by atoms with Gasteiger partial charge in [0.15, 0.2) is 0 Å². The minimum Gasteiger partial charge on any atom is -0.133 e. The number of aryl methyl sites for hydroxylation is 2. The Hall–Kier alpha value is 0.360. The lowest BCUT2D eigenvalue weighted by molar-refractivity contribution is 1.41. The molecule has 2 rings (SSSR count). The maximum Gasteiger partial charge on any atom is 0.0736 e. The van der Waals surface area contributed by atoms with Crippen LogP contribution in [-0.2, 0) is 0 Å². The molecule has 0 spiro atoms. The van der Waals surface area contributed by atoms with Gasteiger partial charge < -0.3 is 0 Å². The molecule has 0 aliphatic rings. The van der Waals surface area contributed by atoms with Gasteiger partial charge in [0.2, 0.25) is 0 Å². The predicted octanol–water partition coefficient (Wildman–Crippen LogP) is 6.24. The van der Waals surface area contributed by atoms with Crippen LogP contribution < -0.4 is 0 Å². The van der Waals surface area contributed by atoms with Crippen LogP contribution in [0.15, 0.2) is 7.57 Å². The zero-order valence-electron chi connectivity index (χ0n) is 9.57. The highest BCUT2D eigenvalue weighted by molar-refractivity contribution is 9.11. The summed E-state index contributed by atoms with van der Waals surface area (Å²) in [7, 11) is 0. The minimum atomic E-state index is 1.25. The lowest BCUT2D eigenvalue weighted by atomic mass is 10.0. The van der Waals surface area contributed by atoms with E-state index in [1.54, 1.807) is 0 Å². The molecular weight excluding hydrogens is 368 g/mol. The number of rotatable bonds is 1. The summed E-state index contributed by atoms with van der Waals surface area (Å²) < 4.78 is 2.50. The Morgan fingerprint density at radius 3 is 1.19 bits per heavy atom. The summed E-state index contributed by atoms with van der Waals surface area (Å²) in [5, 5.41) is 0. The fourth-order valence-corrected chi connectivity index (χ4v) is 5.59. The highest BCUT2D eigenvalue weighted by Gasteiger charge is 2.19. The molecule has 0 bridgehead atoms. The van der Waals surface area contributed by atoms with Gasteiger partial charge in [0.25, 0.3) is 0 Å². The van der Waals surface area contributed by atoms with Crippen molar-refractivity contribution >= 4 is 54.5 Å². The molecule has 0 aliphatic carbocycles. The van der Waals surface area contributed by atoms with Crippen LogP contribution in [0.3, 0.4) is 0 Å². The fraction of sp³-hybridized carbons (Fsp3) is 0.333. The Morgan fingerprint density at radius 1 is 0.688 bits per heavy atom. The third-order valence-electron chi connectivity index (χ3n) is 2.78. The SMILES string of the molecule is Cc1sc(Br)c(C)c1-c1c(C)sc(Br)c1C. The van der Waals surface area contributed by atoms with E-state index in [9.17, 15) is 0 Å². The van der Waals surface area contributed by atoms with E-state index in [-0.39, 0.29) is 0 Å². The molecule has 0 atom stereocenters. The third kappa shape index (κ3) is 1.94. The topological polar surface area (TPSA) is 0 Å². The van der Waals surface area contributed by atoms with Crippen molar-refractivity contribution in [2.24, 2.45) is 0 Å². The van der Waals surface area contributed by atoms with Gasteiger partial charge in [0.1, 0.15) is 0 Å². The smallest absolute Gasteiger partial charge is 0.0736 e. The second kappa shape index (κ2) is 4.56. The van der Waals surface area contributed by atoms with Crippen molar-refractivity contribution in [3.63, 3.8) is 0 Å². The second-order valence-corrected chi connectivity index (χ2v) is 8.95. The molecule has 0 saturated heterocycles. The first kappa shape index (κ1) is 12.8. The summed E-state index contributed by atoms with van der Waals surface area (Å²) in [6.07, 6.45) is 0. The molecule has 0 saturated carbocycles. The van der Waals surface area contributed by atoms with E-state index in [2.05, 4.69) is 59.6 Å². The number of hydrogen-bond acceptors (Lipinski definition) is 2. The molecular formula is C12H12Br2S2. The fourth-order valence-electron chi connectivity index (χ4n) is 1.98. The molecule has 4 heteroatoms. The largest absolute Gasteiger partial charge is 0.133 e. The summed E-state index contributed by atoms with van der Waals surface area (Å²) in [5.41, 5.74) is 5.54. The molecule has 0 fully saturated rings. The Balaban J connectivity index is 2.76. The molecule has 16 heavy (non-hydrogen) atoms. The average molecular weight is 380 g/mol. The van der Waals surface area contributed by atoms with Crippen molar-refractivity contribution < 1.29 is 0 Å². The van der Waals surface area contributed by atoms with Gasteiger partial charge in [0.05, 0.1) is 7.57 Å².